The van der Waals surface area contributed by atoms with E-state index in [1.807, 2.05) is 0 Å². The van der Waals surface area contributed by atoms with Crippen LogP contribution >= 0.6 is 0 Å². The average Bonchev–Trinajstić information content (AvgIpc) is 3.25. The zero-order valence-electron chi connectivity index (χ0n) is 38.2. The van der Waals surface area contributed by atoms with Gasteiger partial charge in [0, 0.05) is 12.8 Å². The highest BCUT2D eigenvalue weighted by molar-refractivity contribution is 5.70. The fourth-order valence-corrected chi connectivity index (χ4v) is 5.94. The van der Waals surface area contributed by atoms with Gasteiger partial charge in [-0.15, -0.1) is 0 Å². The Morgan fingerprint density at radius 2 is 0.667 bits per heavy atom. The van der Waals surface area contributed by atoms with Gasteiger partial charge in [-0.05, 0) is 109 Å². The molecule has 1 atom stereocenters. The van der Waals surface area contributed by atoms with Gasteiger partial charge in [-0.3, -0.25) is 9.59 Å². The van der Waals surface area contributed by atoms with Crippen LogP contribution < -0.4 is 0 Å². The second-order valence-electron chi connectivity index (χ2n) is 15.1. The molecule has 0 saturated carbocycles. The van der Waals surface area contributed by atoms with Gasteiger partial charge in [0.25, 0.3) is 0 Å². The first-order valence-corrected chi connectivity index (χ1v) is 23.7. The first-order valence-electron chi connectivity index (χ1n) is 23.7. The molecule has 0 radical (unpaired) electrons. The Morgan fingerprint density at radius 3 is 1.00 bits per heavy atom. The largest absolute Gasteiger partial charge is 0.462 e. The minimum Gasteiger partial charge on any atom is -0.462 e. The van der Waals surface area contributed by atoms with E-state index in [1.54, 1.807) is 0 Å². The molecule has 0 amide bonds. The van der Waals surface area contributed by atoms with Gasteiger partial charge in [-0.25, -0.2) is 0 Å². The zero-order valence-corrected chi connectivity index (χ0v) is 38.2. The molecule has 0 aromatic rings. The van der Waals surface area contributed by atoms with E-state index < -0.39 is 6.10 Å². The van der Waals surface area contributed by atoms with Crippen molar-refractivity contribution >= 4 is 11.9 Å². The molecule has 0 heterocycles. The van der Waals surface area contributed by atoms with Crippen LogP contribution in [0.4, 0.5) is 0 Å². The summed E-state index contributed by atoms with van der Waals surface area (Å²) in [5.74, 6) is -0.645. The molecule has 336 valence electrons. The van der Waals surface area contributed by atoms with Crippen molar-refractivity contribution in [2.24, 2.45) is 0 Å². The zero-order chi connectivity index (χ0) is 43.5. The molecule has 0 rings (SSSR count). The van der Waals surface area contributed by atoms with Gasteiger partial charge < -0.3 is 14.6 Å². The third-order valence-corrected chi connectivity index (χ3v) is 9.44. The predicted octanol–water partition coefficient (Wildman–Crippen LogP) is 15.7. The Balaban J connectivity index is 3.67. The fourth-order valence-electron chi connectivity index (χ4n) is 5.94. The topological polar surface area (TPSA) is 72.8 Å². The number of aliphatic hydroxyl groups excluding tert-OH is 1. The average molecular weight is 827 g/mol. The van der Waals surface area contributed by atoms with Gasteiger partial charge >= 0.3 is 11.9 Å². The molecule has 0 bridgehead atoms. The number of hydrogen-bond acceptors (Lipinski definition) is 5. The van der Waals surface area contributed by atoms with Crippen LogP contribution in [-0.2, 0) is 19.1 Å². The molecule has 0 aliphatic heterocycles. The summed E-state index contributed by atoms with van der Waals surface area (Å²) in [4.78, 5) is 24.4. The van der Waals surface area contributed by atoms with Crippen LogP contribution in [0.5, 0.6) is 0 Å². The van der Waals surface area contributed by atoms with Crippen LogP contribution in [0.3, 0.4) is 0 Å². The highest BCUT2D eigenvalue weighted by Gasteiger charge is 2.16. The monoisotopic (exact) mass is 827 g/mol. The van der Waals surface area contributed by atoms with Crippen molar-refractivity contribution in [1.82, 2.24) is 0 Å². The van der Waals surface area contributed by atoms with Gasteiger partial charge in [-0.1, -0.05) is 192 Å². The number of rotatable bonds is 41. The van der Waals surface area contributed by atoms with E-state index in [1.165, 1.54) is 25.7 Å². The number of aliphatic hydroxyl groups is 1. The normalized spacial score (nSPS) is 13.4. The number of hydrogen-bond donors (Lipinski definition) is 1. The highest BCUT2D eigenvalue weighted by Crippen LogP contribution is 2.12. The molecular formula is C55H86O5. The minimum absolute atomic E-state index is 0.0923. The van der Waals surface area contributed by atoms with E-state index in [2.05, 4.69) is 148 Å². The lowest BCUT2D eigenvalue weighted by Crippen LogP contribution is -2.28. The van der Waals surface area contributed by atoms with Gasteiger partial charge in [0.2, 0.25) is 0 Å². The standard InChI is InChI=1S/C55H86O5/c1-3-5-7-9-11-13-15-17-19-21-23-25-27-29-31-33-35-37-39-41-43-45-47-49-54(57)59-52-53(51-56)60-55(58)50-48-46-44-42-40-38-36-34-32-30-28-26-24-22-20-18-16-14-12-10-8-6-4-2/h5-8,11-14,17-20,23-26,29-32,36,38,53,56H,3-4,9-10,15-16,21-22,27-28,33-35,37,39-52H2,1-2H3/b7-5-,8-6-,13-11-,14-12-,19-17-,20-18-,25-23-,26-24-,31-29-,32-30-,38-36-. The van der Waals surface area contributed by atoms with Gasteiger partial charge in [-0.2, -0.15) is 0 Å². The molecule has 0 aliphatic carbocycles. The summed E-state index contributed by atoms with van der Waals surface area (Å²) in [6.07, 6.45) is 73.8. The lowest BCUT2D eigenvalue weighted by Gasteiger charge is -2.15. The Kier molecular flexibility index (Phi) is 46.1. The van der Waals surface area contributed by atoms with Gasteiger partial charge in [0.15, 0.2) is 6.10 Å². The molecule has 0 aromatic carbocycles. The summed E-state index contributed by atoms with van der Waals surface area (Å²) in [7, 11) is 0. The Morgan fingerprint density at radius 1 is 0.383 bits per heavy atom. The molecule has 0 spiro atoms. The van der Waals surface area contributed by atoms with Crippen LogP contribution in [0.2, 0.25) is 0 Å². The van der Waals surface area contributed by atoms with E-state index >= 15 is 0 Å². The number of esters is 2. The number of carbonyl (C=O) groups excluding carboxylic acids is 2. The second kappa shape index (κ2) is 49.4. The van der Waals surface area contributed by atoms with Crippen LogP contribution in [-0.4, -0.2) is 36.4 Å². The van der Waals surface area contributed by atoms with Crippen molar-refractivity contribution in [3.63, 3.8) is 0 Å². The molecule has 1 unspecified atom stereocenters. The number of carbonyl (C=O) groups is 2. The summed E-state index contributed by atoms with van der Waals surface area (Å²) >= 11 is 0. The van der Waals surface area contributed by atoms with Crippen molar-refractivity contribution in [1.29, 1.82) is 0 Å². The van der Waals surface area contributed by atoms with E-state index in [0.29, 0.717) is 12.8 Å². The van der Waals surface area contributed by atoms with Crippen molar-refractivity contribution in [2.75, 3.05) is 13.2 Å². The van der Waals surface area contributed by atoms with Crippen LogP contribution in [0.15, 0.2) is 134 Å². The molecule has 0 aliphatic rings. The Hall–Kier alpha value is -3.96. The summed E-state index contributed by atoms with van der Waals surface area (Å²) in [5, 5.41) is 9.61. The first-order chi connectivity index (χ1) is 29.6. The number of ether oxygens (including phenoxy) is 2. The third kappa shape index (κ3) is 46.7. The molecule has 0 saturated heterocycles. The van der Waals surface area contributed by atoms with E-state index in [4.69, 9.17) is 9.47 Å². The Bertz CT molecular complexity index is 1300. The maximum Gasteiger partial charge on any atom is 0.306 e. The number of allylic oxidation sites excluding steroid dienone is 22. The quantitative estimate of drug-likeness (QED) is 0.0378. The fraction of sp³-hybridized carbons (Fsp3) is 0.564. The van der Waals surface area contributed by atoms with Crippen LogP contribution in [0.1, 0.15) is 181 Å². The van der Waals surface area contributed by atoms with Gasteiger partial charge in [0.05, 0.1) is 6.61 Å². The predicted molar refractivity (Wildman–Crippen MR) is 260 cm³/mol. The smallest absolute Gasteiger partial charge is 0.306 e. The third-order valence-electron chi connectivity index (χ3n) is 9.44. The SMILES string of the molecule is CC/C=C\C/C=C\C/C=C\C/C=C\C/C=C\C/C=C\CCCCCCC(=O)OC(CO)COC(=O)CCCCCCCCC/C=C\C/C=C\C/C=C\C/C=C\C/C=C\CC. The minimum atomic E-state index is -0.802. The Labute approximate surface area is 368 Å². The lowest BCUT2D eigenvalue weighted by molar-refractivity contribution is -0.161. The summed E-state index contributed by atoms with van der Waals surface area (Å²) < 4.78 is 10.6. The molecule has 0 aromatic heterocycles. The molecule has 5 heteroatoms. The summed E-state index contributed by atoms with van der Waals surface area (Å²) in [5.41, 5.74) is 0. The second-order valence-corrected chi connectivity index (χ2v) is 15.1. The number of unbranched alkanes of at least 4 members (excludes halogenated alkanes) is 11. The van der Waals surface area contributed by atoms with Crippen molar-refractivity contribution in [2.45, 2.75) is 187 Å². The van der Waals surface area contributed by atoms with E-state index in [0.717, 1.165) is 128 Å². The van der Waals surface area contributed by atoms with Crippen LogP contribution in [0, 0.1) is 0 Å². The summed E-state index contributed by atoms with van der Waals surface area (Å²) in [6, 6.07) is 0. The van der Waals surface area contributed by atoms with Crippen molar-refractivity contribution in [3.8, 4) is 0 Å². The molecule has 0 fully saturated rings. The van der Waals surface area contributed by atoms with E-state index in [-0.39, 0.29) is 25.2 Å². The maximum absolute atomic E-state index is 12.2. The summed E-state index contributed by atoms with van der Waals surface area (Å²) in [6.45, 7) is 3.86. The maximum atomic E-state index is 12.2. The molecule has 1 N–H and O–H groups in total. The van der Waals surface area contributed by atoms with E-state index in [9.17, 15) is 14.7 Å². The van der Waals surface area contributed by atoms with Gasteiger partial charge in [0.1, 0.15) is 6.61 Å². The molecule has 60 heavy (non-hydrogen) atoms. The molecule has 5 nitrogen and oxygen atoms in total. The van der Waals surface area contributed by atoms with Crippen LogP contribution in [0.25, 0.3) is 0 Å². The highest BCUT2D eigenvalue weighted by atomic mass is 16.6. The first kappa shape index (κ1) is 56.0. The molecular weight excluding hydrogens is 741 g/mol. The lowest BCUT2D eigenvalue weighted by atomic mass is 10.1. The van der Waals surface area contributed by atoms with Crippen molar-refractivity contribution < 1.29 is 24.2 Å². The van der Waals surface area contributed by atoms with Crippen molar-refractivity contribution in [3.05, 3.63) is 134 Å².